The summed E-state index contributed by atoms with van der Waals surface area (Å²) in [6.07, 6.45) is 5.38. The van der Waals surface area contributed by atoms with Gasteiger partial charge < -0.3 is 19.4 Å². The first-order valence-corrected chi connectivity index (χ1v) is 9.37. The van der Waals surface area contributed by atoms with E-state index in [9.17, 15) is 4.79 Å². The Kier molecular flexibility index (Phi) is 6.38. The van der Waals surface area contributed by atoms with Crippen LogP contribution in [0.25, 0.3) is 5.69 Å². The van der Waals surface area contributed by atoms with E-state index in [-0.39, 0.29) is 5.91 Å². The van der Waals surface area contributed by atoms with Crippen molar-refractivity contribution in [1.29, 1.82) is 0 Å². The number of ether oxygens (including phenoxy) is 2. The second-order valence-corrected chi connectivity index (χ2v) is 6.77. The number of benzene rings is 2. The number of methoxy groups -OCH3 is 2. The van der Waals surface area contributed by atoms with Crippen molar-refractivity contribution in [3.63, 3.8) is 0 Å². The van der Waals surface area contributed by atoms with Gasteiger partial charge in [-0.05, 0) is 35.9 Å². The summed E-state index contributed by atoms with van der Waals surface area (Å²) in [5, 5.41) is 2.94. The van der Waals surface area contributed by atoms with Gasteiger partial charge >= 0.3 is 0 Å². The van der Waals surface area contributed by atoms with Gasteiger partial charge in [0.05, 0.1) is 26.3 Å². The number of hydrogen-bond donors (Lipinski definition) is 1. The molecule has 0 aliphatic rings. The Balaban J connectivity index is 1.48. The number of aromatic nitrogens is 2. The predicted octanol–water partition coefficient (Wildman–Crippen LogP) is 3.30. The van der Waals surface area contributed by atoms with Crippen LogP contribution in [0.1, 0.15) is 5.56 Å². The minimum atomic E-state index is -0.0199. The van der Waals surface area contributed by atoms with E-state index in [4.69, 9.17) is 9.47 Å². The van der Waals surface area contributed by atoms with Crippen LogP contribution in [0.2, 0.25) is 0 Å². The van der Waals surface area contributed by atoms with E-state index in [1.807, 2.05) is 53.2 Å². The lowest BCUT2D eigenvalue weighted by Crippen LogP contribution is -2.24. The van der Waals surface area contributed by atoms with E-state index < -0.39 is 0 Å². The highest BCUT2D eigenvalue weighted by molar-refractivity contribution is 8.00. The van der Waals surface area contributed by atoms with Crippen LogP contribution < -0.4 is 14.8 Å². The Morgan fingerprint density at radius 1 is 1.11 bits per heavy atom. The van der Waals surface area contributed by atoms with Crippen molar-refractivity contribution >= 4 is 17.7 Å². The molecule has 1 N–H and O–H groups in total. The number of nitrogens with zero attached hydrogens (tertiary/aromatic N) is 2. The summed E-state index contributed by atoms with van der Waals surface area (Å²) < 4.78 is 12.4. The van der Waals surface area contributed by atoms with Gasteiger partial charge in [-0.3, -0.25) is 4.79 Å². The summed E-state index contributed by atoms with van der Waals surface area (Å²) in [5.41, 5.74) is 2.08. The number of amides is 1. The fraction of sp³-hybridized carbons (Fsp3) is 0.200. The highest BCUT2D eigenvalue weighted by Crippen LogP contribution is 2.31. The van der Waals surface area contributed by atoms with Gasteiger partial charge in [-0.2, -0.15) is 0 Å². The Hall–Kier alpha value is -2.93. The molecule has 1 amide bonds. The lowest BCUT2D eigenvalue weighted by molar-refractivity contribution is -0.118. The second-order valence-electron chi connectivity index (χ2n) is 5.72. The van der Waals surface area contributed by atoms with Gasteiger partial charge in [0.1, 0.15) is 0 Å². The molecular formula is C20H21N3O3S. The number of nitrogens with one attached hydrogen (secondary N) is 1. The van der Waals surface area contributed by atoms with E-state index in [0.717, 1.165) is 16.1 Å². The molecule has 1 heterocycles. The third-order valence-electron chi connectivity index (χ3n) is 3.95. The van der Waals surface area contributed by atoms with Crippen LogP contribution in [0.4, 0.5) is 0 Å². The molecular weight excluding hydrogens is 362 g/mol. The molecule has 0 bridgehead atoms. The van der Waals surface area contributed by atoms with Crippen molar-refractivity contribution in [1.82, 2.24) is 14.9 Å². The number of carbonyl (C=O) groups excluding carboxylic acids is 1. The van der Waals surface area contributed by atoms with Crippen LogP contribution >= 0.6 is 11.8 Å². The molecule has 1 aromatic heterocycles. The molecule has 0 unspecified atom stereocenters. The first-order valence-electron chi connectivity index (χ1n) is 8.38. The molecule has 0 saturated heterocycles. The highest BCUT2D eigenvalue weighted by atomic mass is 32.2. The molecule has 27 heavy (non-hydrogen) atoms. The topological polar surface area (TPSA) is 65.4 Å². The lowest BCUT2D eigenvalue weighted by atomic mass is 10.2. The average molecular weight is 383 g/mol. The summed E-state index contributed by atoms with van der Waals surface area (Å²) in [4.78, 5) is 17.1. The Labute approximate surface area is 162 Å². The number of hydrogen-bond acceptors (Lipinski definition) is 5. The Morgan fingerprint density at radius 2 is 1.89 bits per heavy atom. The molecule has 6 nitrogen and oxygen atoms in total. The summed E-state index contributed by atoms with van der Waals surface area (Å²) in [5.74, 6) is 1.64. The molecule has 7 heteroatoms. The first kappa shape index (κ1) is 18.8. The van der Waals surface area contributed by atoms with Crippen LogP contribution in [0.5, 0.6) is 11.5 Å². The molecule has 0 aliphatic carbocycles. The standard InChI is InChI=1S/C20H21N3O3S/c1-25-18-8-7-17(11-19(18)26-2)27-13-20(24)22-12-15-3-5-16(6-4-15)23-10-9-21-14-23/h3-11,14H,12-13H2,1-2H3,(H,22,24). The van der Waals surface area contributed by atoms with Crippen molar-refractivity contribution < 1.29 is 14.3 Å². The molecule has 0 spiro atoms. The Morgan fingerprint density at radius 3 is 2.56 bits per heavy atom. The maximum absolute atomic E-state index is 12.1. The SMILES string of the molecule is COc1ccc(SCC(=O)NCc2ccc(-n3ccnc3)cc2)cc1OC. The zero-order valence-electron chi connectivity index (χ0n) is 15.2. The van der Waals surface area contributed by atoms with E-state index in [1.54, 1.807) is 26.7 Å². The predicted molar refractivity (Wildman–Crippen MR) is 106 cm³/mol. The first-order chi connectivity index (χ1) is 13.2. The van der Waals surface area contributed by atoms with Gasteiger partial charge in [0.15, 0.2) is 11.5 Å². The van der Waals surface area contributed by atoms with E-state index in [0.29, 0.717) is 23.8 Å². The maximum Gasteiger partial charge on any atom is 0.230 e. The Bertz CT molecular complexity index is 880. The molecule has 0 radical (unpaired) electrons. The monoisotopic (exact) mass is 383 g/mol. The van der Waals surface area contributed by atoms with Crippen molar-refractivity contribution in [3.8, 4) is 17.2 Å². The van der Waals surface area contributed by atoms with Crippen LogP contribution in [-0.2, 0) is 11.3 Å². The molecule has 140 valence electrons. The summed E-state index contributed by atoms with van der Waals surface area (Å²) in [6, 6.07) is 13.6. The van der Waals surface area contributed by atoms with Crippen molar-refractivity contribution in [2.45, 2.75) is 11.4 Å². The van der Waals surface area contributed by atoms with E-state index >= 15 is 0 Å². The fourth-order valence-corrected chi connectivity index (χ4v) is 3.26. The van der Waals surface area contributed by atoms with Gasteiger partial charge in [-0.25, -0.2) is 4.98 Å². The number of thioether (sulfide) groups is 1. The van der Waals surface area contributed by atoms with Crippen molar-refractivity contribution in [3.05, 3.63) is 66.7 Å². The molecule has 3 rings (SSSR count). The van der Waals surface area contributed by atoms with Gasteiger partial charge in [-0.15, -0.1) is 11.8 Å². The zero-order chi connectivity index (χ0) is 19.1. The number of imidazole rings is 1. The third-order valence-corrected chi connectivity index (χ3v) is 4.95. The summed E-state index contributed by atoms with van der Waals surface area (Å²) in [7, 11) is 3.19. The highest BCUT2D eigenvalue weighted by Gasteiger charge is 2.07. The van der Waals surface area contributed by atoms with Gasteiger partial charge in [0.25, 0.3) is 0 Å². The van der Waals surface area contributed by atoms with Crippen molar-refractivity contribution in [2.24, 2.45) is 0 Å². The van der Waals surface area contributed by atoms with E-state index in [2.05, 4.69) is 10.3 Å². The van der Waals surface area contributed by atoms with Crippen LogP contribution in [0, 0.1) is 0 Å². The summed E-state index contributed by atoms with van der Waals surface area (Å²) in [6.45, 7) is 0.496. The van der Waals surface area contributed by atoms with Crippen LogP contribution in [0.15, 0.2) is 66.1 Å². The van der Waals surface area contributed by atoms with E-state index in [1.165, 1.54) is 11.8 Å². The smallest absolute Gasteiger partial charge is 0.230 e. The van der Waals surface area contributed by atoms with Crippen LogP contribution in [-0.4, -0.2) is 35.4 Å². The van der Waals surface area contributed by atoms with Crippen LogP contribution in [0.3, 0.4) is 0 Å². The minimum Gasteiger partial charge on any atom is -0.493 e. The average Bonchev–Trinajstić information content (AvgIpc) is 3.25. The largest absolute Gasteiger partial charge is 0.493 e. The molecule has 2 aromatic carbocycles. The molecule has 0 fully saturated rings. The number of carbonyl (C=O) groups is 1. The number of rotatable bonds is 8. The minimum absolute atomic E-state index is 0.0199. The molecule has 3 aromatic rings. The van der Waals surface area contributed by atoms with Gasteiger partial charge in [-0.1, -0.05) is 12.1 Å². The lowest BCUT2D eigenvalue weighted by Gasteiger charge is -2.10. The van der Waals surface area contributed by atoms with Gasteiger partial charge in [0.2, 0.25) is 5.91 Å². The zero-order valence-corrected chi connectivity index (χ0v) is 16.0. The van der Waals surface area contributed by atoms with Crippen molar-refractivity contribution in [2.75, 3.05) is 20.0 Å². The quantitative estimate of drug-likeness (QED) is 0.605. The molecule has 0 aliphatic heterocycles. The maximum atomic E-state index is 12.1. The van der Waals surface area contributed by atoms with Gasteiger partial charge in [0, 0.05) is 29.5 Å². The normalized spacial score (nSPS) is 10.4. The third kappa shape index (κ3) is 5.04. The summed E-state index contributed by atoms with van der Waals surface area (Å²) >= 11 is 1.46. The molecule has 0 atom stereocenters. The second kappa shape index (κ2) is 9.14. The fourth-order valence-electron chi connectivity index (χ4n) is 2.50. The molecule has 0 saturated carbocycles.